The number of hydrogen-bond donors (Lipinski definition) is 0. The summed E-state index contributed by atoms with van der Waals surface area (Å²) in [5.74, 6) is 3.34. The first-order chi connectivity index (χ1) is 19.7. The molecule has 0 radical (unpaired) electrons. The van der Waals surface area contributed by atoms with E-state index in [-0.39, 0.29) is 24.7 Å². The molecule has 3 saturated carbocycles. The van der Waals surface area contributed by atoms with Gasteiger partial charge in [0.25, 0.3) is 0 Å². The highest BCUT2D eigenvalue weighted by molar-refractivity contribution is 5.78. The molecule has 0 aromatic rings. The monoisotopic (exact) mass is 586 g/mol. The van der Waals surface area contributed by atoms with Gasteiger partial charge in [0, 0.05) is 20.3 Å². The predicted molar refractivity (Wildman–Crippen MR) is 164 cm³/mol. The second kappa shape index (κ2) is 13.0. The van der Waals surface area contributed by atoms with Gasteiger partial charge in [-0.05, 0) is 98.2 Å². The summed E-state index contributed by atoms with van der Waals surface area (Å²) < 4.78 is 16.4. The maximum absolute atomic E-state index is 13.3. The number of hydrogen-bond acceptors (Lipinski definition) is 6. The van der Waals surface area contributed by atoms with Crippen molar-refractivity contribution in [3.05, 3.63) is 11.6 Å². The zero-order chi connectivity index (χ0) is 30.9. The maximum atomic E-state index is 13.3. The van der Waals surface area contributed by atoms with E-state index in [1.54, 1.807) is 6.92 Å². The molecule has 0 aromatic carbocycles. The molecule has 0 N–H and O–H groups in total. The van der Waals surface area contributed by atoms with Crippen LogP contribution in [0.25, 0.3) is 0 Å². The van der Waals surface area contributed by atoms with Gasteiger partial charge in [0.05, 0.1) is 0 Å². The first kappa shape index (κ1) is 33.1. The summed E-state index contributed by atoms with van der Waals surface area (Å²) in [4.78, 5) is 36.3. The molecule has 0 saturated heterocycles. The van der Waals surface area contributed by atoms with Crippen LogP contribution in [-0.2, 0) is 28.6 Å². The lowest BCUT2D eigenvalue weighted by Gasteiger charge is -2.58. The Bertz CT molecular complexity index is 1010. The molecule has 0 aromatic heterocycles. The van der Waals surface area contributed by atoms with Crippen LogP contribution < -0.4 is 0 Å². The van der Waals surface area contributed by atoms with Gasteiger partial charge in [0.1, 0.15) is 24.7 Å². The Morgan fingerprint density at radius 1 is 0.929 bits per heavy atom. The number of fused-ring (bicyclic) bond motifs is 5. The standard InChI is InChI=1S/C36H58O6/c1-23(2)10-9-11-24(3)30-14-15-31-29-13-12-27-20-28(16-18-35(27,7)32(29)17-19-36(30,31)8)42-33(39)34(6,21-40-25(4)37)22-41-26(5)38/h12,23-24,28-32H,9-11,13-22H2,1-8H3/t24-,28+,29?,30-,31?,32?,35+,36-/m1/s1. The molecule has 8 atom stereocenters. The van der Waals surface area contributed by atoms with Crippen molar-refractivity contribution in [2.24, 2.45) is 51.8 Å². The third kappa shape index (κ3) is 6.78. The fourth-order valence-electron chi connectivity index (χ4n) is 9.73. The minimum atomic E-state index is -1.23. The predicted octanol–water partition coefficient (Wildman–Crippen LogP) is 8.07. The molecule has 4 aliphatic carbocycles. The Labute approximate surface area is 255 Å². The Hall–Kier alpha value is -1.85. The molecular formula is C36H58O6. The third-order valence-corrected chi connectivity index (χ3v) is 12.2. The molecule has 0 spiro atoms. The fourth-order valence-corrected chi connectivity index (χ4v) is 9.73. The molecule has 0 amide bonds. The summed E-state index contributed by atoms with van der Waals surface area (Å²) in [7, 11) is 0. The van der Waals surface area contributed by atoms with Gasteiger partial charge >= 0.3 is 17.9 Å². The number of esters is 3. The summed E-state index contributed by atoms with van der Waals surface area (Å²) in [6.45, 7) is 16.2. The molecule has 4 aliphatic rings. The van der Waals surface area contributed by atoms with Crippen molar-refractivity contribution in [1.29, 1.82) is 0 Å². The average Bonchev–Trinajstić information content (AvgIpc) is 3.28. The molecule has 0 aliphatic heterocycles. The maximum Gasteiger partial charge on any atom is 0.319 e. The Morgan fingerprint density at radius 2 is 1.60 bits per heavy atom. The summed E-state index contributed by atoms with van der Waals surface area (Å²) in [5.41, 5.74) is 0.881. The van der Waals surface area contributed by atoms with E-state index >= 15 is 0 Å². The highest BCUT2D eigenvalue weighted by atomic mass is 16.6. The van der Waals surface area contributed by atoms with Crippen LogP contribution in [0, 0.1) is 51.8 Å². The summed E-state index contributed by atoms with van der Waals surface area (Å²) in [5, 5.41) is 0. The smallest absolute Gasteiger partial charge is 0.319 e. The molecule has 238 valence electrons. The van der Waals surface area contributed by atoms with Gasteiger partial charge in [-0.2, -0.15) is 0 Å². The molecule has 0 bridgehead atoms. The topological polar surface area (TPSA) is 78.9 Å². The summed E-state index contributed by atoms with van der Waals surface area (Å²) >= 11 is 0. The van der Waals surface area contributed by atoms with Crippen LogP contribution in [-0.4, -0.2) is 37.2 Å². The van der Waals surface area contributed by atoms with E-state index in [9.17, 15) is 14.4 Å². The number of allylic oxidation sites excluding steroid dienone is 1. The Morgan fingerprint density at radius 3 is 2.21 bits per heavy atom. The molecule has 6 heteroatoms. The Balaban J connectivity index is 1.42. The van der Waals surface area contributed by atoms with Gasteiger partial charge in [0.2, 0.25) is 0 Å². The zero-order valence-electron chi connectivity index (χ0n) is 27.8. The number of ether oxygens (including phenoxy) is 3. The normalized spacial score (nSPS) is 34.9. The molecule has 0 heterocycles. The second-order valence-corrected chi connectivity index (χ2v) is 15.7. The van der Waals surface area contributed by atoms with Gasteiger partial charge in [-0.1, -0.05) is 65.5 Å². The van der Waals surface area contributed by atoms with Crippen LogP contribution in [0.4, 0.5) is 0 Å². The first-order valence-corrected chi connectivity index (χ1v) is 16.9. The van der Waals surface area contributed by atoms with Crippen LogP contribution in [0.5, 0.6) is 0 Å². The third-order valence-electron chi connectivity index (χ3n) is 12.2. The van der Waals surface area contributed by atoms with Crippen molar-refractivity contribution in [1.82, 2.24) is 0 Å². The lowest BCUT2D eigenvalue weighted by Crippen LogP contribution is -2.51. The highest BCUT2D eigenvalue weighted by Gasteiger charge is 2.59. The van der Waals surface area contributed by atoms with E-state index in [4.69, 9.17) is 14.2 Å². The highest BCUT2D eigenvalue weighted by Crippen LogP contribution is 2.67. The van der Waals surface area contributed by atoms with E-state index in [2.05, 4.69) is 40.7 Å². The summed E-state index contributed by atoms with van der Waals surface area (Å²) in [6.07, 6.45) is 15.6. The van der Waals surface area contributed by atoms with Gasteiger partial charge in [0.15, 0.2) is 0 Å². The molecule has 4 rings (SSSR count). The minimum absolute atomic E-state index is 0.174. The van der Waals surface area contributed by atoms with Crippen molar-refractivity contribution in [3.8, 4) is 0 Å². The van der Waals surface area contributed by atoms with E-state index in [0.29, 0.717) is 11.3 Å². The largest absolute Gasteiger partial charge is 0.465 e. The van der Waals surface area contributed by atoms with Crippen molar-refractivity contribution >= 4 is 17.9 Å². The van der Waals surface area contributed by atoms with Crippen LogP contribution in [0.2, 0.25) is 0 Å². The van der Waals surface area contributed by atoms with Gasteiger partial charge in [-0.3, -0.25) is 14.4 Å². The molecule has 6 nitrogen and oxygen atoms in total. The van der Waals surface area contributed by atoms with Crippen molar-refractivity contribution in [2.45, 2.75) is 132 Å². The Kier molecular flexibility index (Phi) is 10.2. The van der Waals surface area contributed by atoms with Crippen molar-refractivity contribution in [3.63, 3.8) is 0 Å². The van der Waals surface area contributed by atoms with Crippen LogP contribution in [0.3, 0.4) is 0 Å². The lowest BCUT2D eigenvalue weighted by molar-refractivity contribution is -0.174. The van der Waals surface area contributed by atoms with Crippen LogP contribution in [0.15, 0.2) is 11.6 Å². The fraction of sp³-hybridized carbons (Fsp3) is 0.861. The van der Waals surface area contributed by atoms with E-state index in [1.165, 1.54) is 64.4 Å². The summed E-state index contributed by atoms with van der Waals surface area (Å²) in [6, 6.07) is 0. The van der Waals surface area contributed by atoms with E-state index in [0.717, 1.165) is 55.3 Å². The number of rotatable bonds is 11. The van der Waals surface area contributed by atoms with Crippen molar-refractivity contribution in [2.75, 3.05) is 13.2 Å². The molecule has 3 unspecified atom stereocenters. The van der Waals surface area contributed by atoms with Gasteiger partial charge in [-0.15, -0.1) is 0 Å². The average molecular weight is 587 g/mol. The SMILES string of the molecule is CC(=O)OCC(C)(COC(C)=O)C(=O)O[C@H]1CC[C@@]2(C)C(=CCC3C2CC[C@@]2(C)C3CC[C@@H]2[C@H](C)CCCC(C)C)C1. The van der Waals surface area contributed by atoms with E-state index in [1.807, 2.05) is 0 Å². The van der Waals surface area contributed by atoms with Crippen LogP contribution >= 0.6 is 0 Å². The first-order valence-electron chi connectivity index (χ1n) is 16.9. The van der Waals surface area contributed by atoms with Gasteiger partial charge < -0.3 is 14.2 Å². The van der Waals surface area contributed by atoms with E-state index < -0.39 is 23.3 Å². The zero-order valence-corrected chi connectivity index (χ0v) is 27.8. The number of carbonyl (C=O) groups is 3. The second-order valence-electron chi connectivity index (χ2n) is 15.7. The quantitative estimate of drug-likeness (QED) is 0.138. The molecular weight excluding hydrogens is 528 g/mol. The minimum Gasteiger partial charge on any atom is -0.465 e. The van der Waals surface area contributed by atoms with Crippen molar-refractivity contribution < 1.29 is 28.6 Å². The number of carbonyl (C=O) groups excluding carboxylic acids is 3. The lowest BCUT2D eigenvalue weighted by atomic mass is 9.47. The molecule has 42 heavy (non-hydrogen) atoms. The molecule has 3 fully saturated rings. The van der Waals surface area contributed by atoms with Gasteiger partial charge in [-0.25, -0.2) is 0 Å². The van der Waals surface area contributed by atoms with Crippen LogP contribution in [0.1, 0.15) is 126 Å².